The van der Waals surface area contributed by atoms with E-state index < -0.39 is 0 Å². The van der Waals surface area contributed by atoms with Crippen molar-refractivity contribution in [1.82, 2.24) is 9.97 Å². The van der Waals surface area contributed by atoms with E-state index in [1.54, 1.807) is 0 Å². The van der Waals surface area contributed by atoms with Gasteiger partial charge in [-0.1, -0.05) is 0 Å². The summed E-state index contributed by atoms with van der Waals surface area (Å²) in [4.78, 5) is 11.5. The van der Waals surface area contributed by atoms with Gasteiger partial charge < -0.3 is 4.90 Å². The quantitative estimate of drug-likeness (QED) is 0.740. The molecule has 2 aliphatic carbocycles. The molecule has 1 heterocycles. The maximum atomic E-state index is 5.86. The average molecular weight is 266 g/mol. The van der Waals surface area contributed by atoms with Crippen LogP contribution in [0.2, 0.25) is 0 Å². The summed E-state index contributed by atoms with van der Waals surface area (Å²) in [5, 5.41) is 0. The topological polar surface area (TPSA) is 29.0 Å². The Morgan fingerprint density at radius 2 is 1.83 bits per heavy atom. The Bertz CT molecular complexity index is 413. The van der Waals surface area contributed by atoms with Crippen molar-refractivity contribution < 1.29 is 0 Å². The third-order valence-corrected chi connectivity index (χ3v) is 4.13. The second kappa shape index (κ2) is 5.04. The molecule has 2 aliphatic rings. The highest BCUT2D eigenvalue weighted by Gasteiger charge is 2.30. The van der Waals surface area contributed by atoms with Crippen LogP contribution < -0.4 is 4.90 Å². The number of aryl methyl sites for hydroxylation is 1. The number of alkyl halides is 1. The maximum absolute atomic E-state index is 5.86. The molecule has 0 bridgehead atoms. The van der Waals surface area contributed by atoms with Crippen molar-refractivity contribution in [1.29, 1.82) is 0 Å². The Hall–Kier alpha value is -0.830. The highest BCUT2D eigenvalue weighted by atomic mass is 35.5. The fraction of sp³-hybridized carbons (Fsp3) is 0.714. The summed E-state index contributed by atoms with van der Waals surface area (Å²) >= 11 is 5.86. The Morgan fingerprint density at radius 3 is 2.28 bits per heavy atom. The summed E-state index contributed by atoms with van der Waals surface area (Å²) in [6.45, 7) is 4.29. The van der Waals surface area contributed by atoms with Gasteiger partial charge in [0.2, 0.25) is 5.95 Å². The van der Waals surface area contributed by atoms with E-state index in [0.717, 1.165) is 42.1 Å². The fourth-order valence-electron chi connectivity index (χ4n) is 2.23. The van der Waals surface area contributed by atoms with E-state index in [9.17, 15) is 0 Å². The van der Waals surface area contributed by atoms with Crippen molar-refractivity contribution in [3.63, 3.8) is 0 Å². The van der Waals surface area contributed by atoms with Gasteiger partial charge in [-0.2, -0.15) is 0 Å². The third-order valence-electron chi connectivity index (χ3n) is 3.85. The molecule has 2 saturated carbocycles. The van der Waals surface area contributed by atoms with E-state index in [4.69, 9.17) is 11.6 Å². The largest absolute Gasteiger partial charge is 0.340 e. The number of halogens is 1. The number of hydrogen-bond acceptors (Lipinski definition) is 3. The van der Waals surface area contributed by atoms with Crippen LogP contribution in [0, 0.1) is 18.8 Å². The molecule has 0 N–H and O–H groups in total. The SMILES string of the molecule is Cc1nc(N(CC2CC2)CC2CC2)ncc1CCl. The van der Waals surface area contributed by atoms with Crippen LogP contribution in [0.25, 0.3) is 0 Å². The Balaban J connectivity index is 1.76. The van der Waals surface area contributed by atoms with Gasteiger partial charge in [-0.25, -0.2) is 9.97 Å². The van der Waals surface area contributed by atoms with Gasteiger partial charge in [0.25, 0.3) is 0 Å². The molecule has 0 unspecified atom stereocenters. The smallest absolute Gasteiger partial charge is 0.225 e. The predicted octanol–water partition coefficient (Wildman–Crippen LogP) is 3.15. The fourth-order valence-corrected chi connectivity index (χ4v) is 2.49. The van der Waals surface area contributed by atoms with Crippen molar-refractivity contribution >= 4 is 17.5 Å². The molecule has 0 radical (unpaired) electrons. The number of rotatable bonds is 6. The van der Waals surface area contributed by atoms with Crippen molar-refractivity contribution in [2.45, 2.75) is 38.5 Å². The number of anilines is 1. The summed E-state index contributed by atoms with van der Waals surface area (Å²) in [6, 6.07) is 0. The molecule has 4 heteroatoms. The van der Waals surface area contributed by atoms with Crippen LogP contribution in [0.5, 0.6) is 0 Å². The first-order valence-electron chi connectivity index (χ1n) is 6.89. The zero-order valence-corrected chi connectivity index (χ0v) is 11.7. The molecule has 98 valence electrons. The van der Waals surface area contributed by atoms with Gasteiger partial charge in [0.1, 0.15) is 0 Å². The van der Waals surface area contributed by atoms with E-state index in [1.165, 1.54) is 25.7 Å². The molecule has 18 heavy (non-hydrogen) atoms. The molecule has 1 aromatic heterocycles. The summed E-state index contributed by atoms with van der Waals surface area (Å²) in [7, 11) is 0. The molecular weight excluding hydrogens is 246 g/mol. The molecule has 0 aromatic carbocycles. The van der Waals surface area contributed by atoms with Gasteiger partial charge in [0, 0.05) is 30.5 Å². The van der Waals surface area contributed by atoms with Crippen molar-refractivity contribution in [3.05, 3.63) is 17.5 Å². The van der Waals surface area contributed by atoms with Gasteiger partial charge in [-0.05, 0) is 44.4 Å². The minimum absolute atomic E-state index is 0.497. The lowest BCUT2D eigenvalue weighted by molar-refractivity contribution is 0.660. The normalized spacial score (nSPS) is 19.0. The Morgan fingerprint density at radius 1 is 1.22 bits per heavy atom. The maximum Gasteiger partial charge on any atom is 0.225 e. The van der Waals surface area contributed by atoms with Crippen LogP contribution in [0.4, 0.5) is 5.95 Å². The van der Waals surface area contributed by atoms with Gasteiger partial charge >= 0.3 is 0 Å². The zero-order valence-electron chi connectivity index (χ0n) is 10.9. The first-order chi connectivity index (χ1) is 8.76. The Kier molecular flexibility index (Phi) is 3.42. The highest BCUT2D eigenvalue weighted by molar-refractivity contribution is 6.17. The highest BCUT2D eigenvalue weighted by Crippen LogP contribution is 2.34. The standard InChI is InChI=1S/C14H20ClN3/c1-10-13(6-15)7-16-14(17-10)18(8-11-2-3-11)9-12-4-5-12/h7,11-12H,2-6,8-9H2,1H3. The van der Waals surface area contributed by atoms with E-state index in [-0.39, 0.29) is 0 Å². The van der Waals surface area contributed by atoms with Crippen LogP contribution in [0.15, 0.2) is 6.20 Å². The van der Waals surface area contributed by atoms with E-state index in [0.29, 0.717) is 5.88 Å². The second-order valence-electron chi connectivity index (χ2n) is 5.71. The monoisotopic (exact) mass is 265 g/mol. The van der Waals surface area contributed by atoms with Gasteiger partial charge in [-0.3, -0.25) is 0 Å². The number of aromatic nitrogens is 2. The molecule has 3 rings (SSSR count). The van der Waals surface area contributed by atoms with Crippen LogP contribution in [0.1, 0.15) is 36.9 Å². The number of nitrogens with zero attached hydrogens (tertiary/aromatic N) is 3. The van der Waals surface area contributed by atoms with Crippen LogP contribution in [-0.4, -0.2) is 23.1 Å². The molecule has 0 saturated heterocycles. The van der Waals surface area contributed by atoms with Crippen LogP contribution in [0.3, 0.4) is 0 Å². The van der Waals surface area contributed by atoms with E-state index in [2.05, 4.69) is 14.9 Å². The molecule has 0 amide bonds. The van der Waals surface area contributed by atoms with Crippen molar-refractivity contribution in [2.75, 3.05) is 18.0 Å². The van der Waals surface area contributed by atoms with Gasteiger partial charge in [0.05, 0.1) is 5.88 Å². The summed E-state index contributed by atoms with van der Waals surface area (Å²) in [5.74, 6) is 3.15. The van der Waals surface area contributed by atoms with Crippen molar-refractivity contribution in [3.8, 4) is 0 Å². The number of hydrogen-bond donors (Lipinski definition) is 0. The van der Waals surface area contributed by atoms with E-state index >= 15 is 0 Å². The van der Waals surface area contributed by atoms with Crippen LogP contribution >= 0.6 is 11.6 Å². The summed E-state index contributed by atoms with van der Waals surface area (Å²) in [5.41, 5.74) is 2.06. The molecule has 0 atom stereocenters. The average Bonchev–Trinajstić information content (AvgIpc) is 3.23. The zero-order chi connectivity index (χ0) is 12.5. The minimum Gasteiger partial charge on any atom is -0.340 e. The minimum atomic E-state index is 0.497. The second-order valence-corrected chi connectivity index (χ2v) is 5.97. The molecule has 3 nitrogen and oxygen atoms in total. The predicted molar refractivity (Wildman–Crippen MR) is 74.0 cm³/mol. The first-order valence-corrected chi connectivity index (χ1v) is 7.43. The summed E-state index contributed by atoms with van der Waals surface area (Å²) < 4.78 is 0. The molecule has 0 spiro atoms. The lowest BCUT2D eigenvalue weighted by atomic mass is 10.3. The third kappa shape index (κ3) is 2.94. The molecule has 1 aromatic rings. The van der Waals surface area contributed by atoms with Crippen LogP contribution in [-0.2, 0) is 5.88 Å². The molecule has 2 fully saturated rings. The summed E-state index contributed by atoms with van der Waals surface area (Å²) in [6.07, 6.45) is 7.39. The molecular formula is C14H20ClN3. The van der Waals surface area contributed by atoms with E-state index in [1.807, 2.05) is 13.1 Å². The van der Waals surface area contributed by atoms with Gasteiger partial charge in [-0.15, -0.1) is 11.6 Å². The molecule has 0 aliphatic heterocycles. The van der Waals surface area contributed by atoms with Gasteiger partial charge in [0.15, 0.2) is 0 Å². The lowest BCUT2D eigenvalue weighted by Crippen LogP contribution is -2.30. The first kappa shape index (κ1) is 12.2. The lowest BCUT2D eigenvalue weighted by Gasteiger charge is -2.23. The Labute approximate surface area is 114 Å². The van der Waals surface area contributed by atoms with Crippen molar-refractivity contribution in [2.24, 2.45) is 11.8 Å².